The molecular weight excluding hydrogens is 344 g/mol. The summed E-state index contributed by atoms with van der Waals surface area (Å²) in [5.41, 5.74) is 3.02. The Kier molecular flexibility index (Phi) is 5.83. The summed E-state index contributed by atoms with van der Waals surface area (Å²) in [4.78, 5) is 16.8. The number of aryl methyl sites for hydroxylation is 1. The van der Waals surface area contributed by atoms with Crippen LogP contribution in [0.15, 0.2) is 48.5 Å². The molecule has 140 valence electrons. The Bertz CT molecular complexity index is 902. The first-order chi connectivity index (χ1) is 13.1. The molecule has 7 heteroatoms. The van der Waals surface area contributed by atoms with Gasteiger partial charge in [0.15, 0.2) is 5.82 Å². The number of ether oxygens (including phenoxy) is 2. The highest BCUT2D eigenvalue weighted by Crippen LogP contribution is 2.19. The molecule has 0 saturated carbocycles. The number of carbonyl (C=O) groups is 1. The van der Waals surface area contributed by atoms with Crippen LogP contribution in [-0.4, -0.2) is 41.5 Å². The molecule has 0 bridgehead atoms. The van der Waals surface area contributed by atoms with Crippen molar-refractivity contribution in [1.82, 2.24) is 14.8 Å². The van der Waals surface area contributed by atoms with Gasteiger partial charge in [0, 0.05) is 19.2 Å². The molecule has 1 heterocycles. The number of anilines is 1. The zero-order valence-corrected chi connectivity index (χ0v) is 15.6. The molecule has 0 spiro atoms. The third kappa shape index (κ3) is 4.51. The van der Waals surface area contributed by atoms with E-state index >= 15 is 0 Å². The predicted molar refractivity (Wildman–Crippen MR) is 103 cm³/mol. The molecule has 3 rings (SSSR count). The number of nitrogens with one attached hydrogen (secondary N) is 1. The second-order valence-corrected chi connectivity index (χ2v) is 6.07. The summed E-state index contributed by atoms with van der Waals surface area (Å²) in [6.07, 6.45) is 0. The molecule has 0 aliphatic heterocycles. The van der Waals surface area contributed by atoms with Gasteiger partial charge in [-0.15, -0.1) is 5.10 Å². The number of aromatic nitrogens is 3. The average molecular weight is 366 g/mol. The Morgan fingerprint density at radius 3 is 2.41 bits per heavy atom. The molecule has 2 aromatic carbocycles. The number of hydrogen-bond acceptors (Lipinski definition) is 6. The SMILES string of the molecule is COCC(=O)n1nc(-c2ccc(C)cc2)nc1NCc1ccc(OC)cc1. The highest BCUT2D eigenvalue weighted by atomic mass is 16.5. The second kappa shape index (κ2) is 8.46. The van der Waals surface area contributed by atoms with Gasteiger partial charge >= 0.3 is 0 Å². The molecule has 1 aromatic heterocycles. The molecule has 7 nitrogen and oxygen atoms in total. The first-order valence-corrected chi connectivity index (χ1v) is 8.53. The van der Waals surface area contributed by atoms with Gasteiger partial charge in [0.05, 0.1) is 7.11 Å². The lowest BCUT2D eigenvalue weighted by atomic mass is 10.1. The lowest BCUT2D eigenvalue weighted by Crippen LogP contribution is -2.20. The van der Waals surface area contributed by atoms with Gasteiger partial charge in [-0.3, -0.25) is 4.79 Å². The topological polar surface area (TPSA) is 78.3 Å². The lowest BCUT2D eigenvalue weighted by Gasteiger charge is -2.07. The maximum atomic E-state index is 12.3. The van der Waals surface area contributed by atoms with Crippen LogP contribution in [0.4, 0.5) is 5.95 Å². The number of rotatable bonds is 7. The molecule has 0 unspecified atom stereocenters. The standard InChI is InChI=1S/C20H22N4O3/c1-14-4-8-16(9-5-14)19-22-20(24(23-19)18(25)13-26-2)21-12-15-6-10-17(27-3)11-7-15/h4-11H,12-13H2,1-3H3,(H,21,22,23). The van der Waals surface area contributed by atoms with Crippen LogP contribution in [0.2, 0.25) is 0 Å². The number of benzene rings is 2. The van der Waals surface area contributed by atoms with Crippen molar-refractivity contribution in [2.75, 3.05) is 26.1 Å². The van der Waals surface area contributed by atoms with Crippen molar-refractivity contribution in [3.05, 3.63) is 59.7 Å². The highest BCUT2D eigenvalue weighted by Gasteiger charge is 2.17. The maximum Gasteiger partial charge on any atom is 0.276 e. The van der Waals surface area contributed by atoms with E-state index in [2.05, 4.69) is 15.4 Å². The second-order valence-electron chi connectivity index (χ2n) is 6.07. The van der Waals surface area contributed by atoms with Crippen molar-refractivity contribution in [2.24, 2.45) is 0 Å². The Morgan fingerprint density at radius 2 is 1.78 bits per heavy atom. The number of methoxy groups -OCH3 is 2. The molecule has 27 heavy (non-hydrogen) atoms. The molecule has 0 fully saturated rings. The van der Waals surface area contributed by atoms with Crippen LogP contribution >= 0.6 is 0 Å². The minimum atomic E-state index is -0.291. The smallest absolute Gasteiger partial charge is 0.276 e. The van der Waals surface area contributed by atoms with Gasteiger partial charge in [0.25, 0.3) is 5.91 Å². The summed E-state index contributed by atoms with van der Waals surface area (Å²) < 4.78 is 11.4. The van der Waals surface area contributed by atoms with Crippen LogP contribution in [0.1, 0.15) is 15.9 Å². The first kappa shape index (κ1) is 18.6. The fourth-order valence-corrected chi connectivity index (χ4v) is 2.53. The van der Waals surface area contributed by atoms with Crippen LogP contribution < -0.4 is 10.1 Å². The Morgan fingerprint density at radius 1 is 1.07 bits per heavy atom. The van der Waals surface area contributed by atoms with E-state index in [-0.39, 0.29) is 12.5 Å². The normalized spacial score (nSPS) is 10.6. The van der Waals surface area contributed by atoms with Crippen molar-refractivity contribution in [3.63, 3.8) is 0 Å². The van der Waals surface area contributed by atoms with E-state index in [1.807, 2.05) is 55.5 Å². The number of carbonyl (C=O) groups excluding carboxylic acids is 1. The molecule has 0 saturated heterocycles. The van der Waals surface area contributed by atoms with E-state index in [4.69, 9.17) is 9.47 Å². The molecule has 1 N–H and O–H groups in total. The molecule has 0 amide bonds. The van der Waals surface area contributed by atoms with E-state index in [1.54, 1.807) is 7.11 Å². The zero-order chi connectivity index (χ0) is 19.2. The minimum absolute atomic E-state index is 0.0755. The largest absolute Gasteiger partial charge is 0.497 e. The Labute approximate surface area is 158 Å². The van der Waals surface area contributed by atoms with Crippen molar-refractivity contribution in [3.8, 4) is 17.1 Å². The van der Waals surface area contributed by atoms with E-state index in [0.717, 1.165) is 22.4 Å². The van der Waals surface area contributed by atoms with E-state index in [0.29, 0.717) is 18.3 Å². The van der Waals surface area contributed by atoms with Crippen molar-refractivity contribution >= 4 is 11.9 Å². The molecule has 3 aromatic rings. The third-order valence-corrected chi connectivity index (χ3v) is 4.03. The van der Waals surface area contributed by atoms with Gasteiger partial charge in [0.2, 0.25) is 5.95 Å². The van der Waals surface area contributed by atoms with E-state index in [1.165, 1.54) is 11.8 Å². The summed E-state index contributed by atoms with van der Waals surface area (Å²) in [7, 11) is 3.10. The van der Waals surface area contributed by atoms with Gasteiger partial charge in [0.1, 0.15) is 12.4 Å². The van der Waals surface area contributed by atoms with Crippen LogP contribution in [0.25, 0.3) is 11.4 Å². The Balaban J connectivity index is 1.84. The molecule has 0 radical (unpaired) electrons. The van der Waals surface area contributed by atoms with Crippen LogP contribution in [0, 0.1) is 6.92 Å². The summed E-state index contributed by atoms with van der Waals surface area (Å²) in [6.45, 7) is 2.43. The fourth-order valence-electron chi connectivity index (χ4n) is 2.53. The van der Waals surface area contributed by atoms with Crippen molar-refractivity contribution in [1.29, 1.82) is 0 Å². The summed E-state index contributed by atoms with van der Waals surface area (Å²) >= 11 is 0. The highest BCUT2D eigenvalue weighted by molar-refractivity contribution is 5.82. The number of nitrogens with zero attached hydrogens (tertiary/aromatic N) is 3. The van der Waals surface area contributed by atoms with Gasteiger partial charge in [-0.2, -0.15) is 9.67 Å². The zero-order valence-electron chi connectivity index (χ0n) is 15.6. The monoisotopic (exact) mass is 366 g/mol. The van der Waals surface area contributed by atoms with Gasteiger partial charge < -0.3 is 14.8 Å². The summed E-state index contributed by atoms with van der Waals surface area (Å²) in [5, 5.41) is 7.54. The quantitative estimate of drug-likeness (QED) is 0.692. The Hall–Kier alpha value is -3.19. The maximum absolute atomic E-state index is 12.3. The summed E-state index contributed by atoms with van der Waals surface area (Å²) in [6, 6.07) is 15.5. The number of hydrogen-bond donors (Lipinski definition) is 1. The molecule has 0 aliphatic carbocycles. The molecular formula is C20H22N4O3. The van der Waals surface area contributed by atoms with Gasteiger partial charge in [-0.05, 0) is 24.6 Å². The average Bonchev–Trinajstić information content (AvgIpc) is 3.12. The van der Waals surface area contributed by atoms with Crippen LogP contribution in [-0.2, 0) is 11.3 Å². The van der Waals surface area contributed by atoms with E-state index < -0.39 is 0 Å². The minimum Gasteiger partial charge on any atom is -0.497 e. The van der Waals surface area contributed by atoms with Crippen LogP contribution in [0.3, 0.4) is 0 Å². The molecule has 0 atom stereocenters. The van der Waals surface area contributed by atoms with Crippen molar-refractivity contribution in [2.45, 2.75) is 13.5 Å². The molecule has 0 aliphatic rings. The lowest BCUT2D eigenvalue weighted by molar-refractivity contribution is 0.0748. The van der Waals surface area contributed by atoms with Gasteiger partial charge in [-0.25, -0.2) is 0 Å². The van der Waals surface area contributed by atoms with E-state index in [9.17, 15) is 4.79 Å². The van der Waals surface area contributed by atoms with Crippen molar-refractivity contribution < 1.29 is 14.3 Å². The third-order valence-electron chi connectivity index (χ3n) is 4.03. The van der Waals surface area contributed by atoms with Gasteiger partial charge in [-0.1, -0.05) is 42.0 Å². The first-order valence-electron chi connectivity index (χ1n) is 8.53. The predicted octanol–water partition coefficient (Wildman–Crippen LogP) is 3.16. The van der Waals surface area contributed by atoms with Crippen LogP contribution in [0.5, 0.6) is 5.75 Å². The fraction of sp³-hybridized carbons (Fsp3) is 0.250. The summed E-state index contributed by atoms with van der Waals surface area (Å²) in [5.74, 6) is 1.36.